The van der Waals surface area contributed by atoms with Crippen molar-refractivity contribution in [1.29, 1.82) is 0 Å². The molecule has 4 heteroatoms. The van der Waals surface area contributed by atoms with Gasteiger partial charge in [0.15, 0.2) is 23.2 Å². The van der Waals surface area contributed by atoms with E-state index in [9.17, 15) is 4.39 Å². The van der Waals surface area contributed by atoms with Crippen LogP contribution in [-0.4, -0.2) is 6.61 Å². The van der Waals surface area contributed by atoms with Gasteiger partial charge in [-0.3, -0.25) is 0 Å². The maximum absolute atomic E-state index is 15.1. The molecule has 1 nitrogen and oxygen atoms in total. The molecule has 0 atom stereocenters. The van der Waals surface area contributed by atoms with Gasteiger partial charge in [-0.15, -0.1) is 6.58 Å². The van der Waals surface area contributed by atoms with Crippen LogP contribution in [0.15, 0.2) is 43.0 Å². The van der Waals surface area contributed by atoms with E-state index < -0.39 is 11.6 Å². The van der Waals surface area contributed by atoms with Gasteiger partial charge in [0.1, 0.15) is 0 Å². The van der Waals surface area contributed by atoms with Crippen molar-refractivity contribution in [2.24, 2.45) is 11.8 Å². The first-order valence-corrected chi connectivity index (χ1v) is 14.0. The topological polar surface area (TPSA) is 9.23 Å². The molecular weight excluding hydrogens is 457 g/mol. The molecule has 0 heterocycles. The normalized spacial score (nSPS) is 24.4. The van der Waals surface area contributed by atoms with Crippen LogP contribution in [0.5, 0.6) is 5.75 Å². The van der Waals surface area contributed by atoms with E-state index in [-0.39, 0.29) is 17.7 Å². The van der Waals surface area contributed by atoms with Gasteiger partial charge in [0, 0.05) is 0 Å². The minimum absolute atomic E-state index is 0.0890. The number of rotatable bonds is 10. The molecule has 2 fully saturated rings. The number of benzene rings is 2. The number of unbranched alkanes of at least 4 members (excludes halogenated alkanes) is 1. The summed E-state index contributed by atoms with van der Waals surface area (Å²) in [5, 5.41) is 0. The Morgan fingerprint density at radius 1 is 0.861 bits per heavy atom. The van der Waals surface area contributed by atoms with E-state index in [0.717, 1.165) is 82.6 Å². The van der Waals surface area contributed by atoms with Crippen molar-refractivity contribution in [3.63, 3.8) is 0 Å². The van der Waals surface area contributed by atoms with Crippen LogP contribution in [0.25, 0.3) is 0 Å². The molecule has 36 heavy (non-hydrogen) atoms. The maximum Gasteiger partial charge on any atom is 0.165 e. The first-order chi connectivity index (χ1) is 17.5. The van der Waals surface area contributed by atoms with Crippen molar-refractivity contribution in [3.05, 3.63) is 77.1 Å². The van der Waals surface area contributed by atoms with Gasteiger partial charge in [-0.1, -0.05) is 44.0 Å². The lowest BCUT2D eigenvalue weighted by Gasteiger charge is -2.30. The summed E-state index contributed by atoms with van der Waals surface area (Å²) in [6, 6.07) is 8.98. The van der Waals surface area contributed by atoms with Crippen LogP contribution in [0.2, 0.25) is 0 Å². The predicted octanol–water partition coefficient (Wildman–Crippen LogP) is 9.65. The molecule has 4 rings (SSSR count). The summed E-state index contributed by atoms with van der Waals surface area (Å²) in [5.74, 6) is 0.250. The summed E-state index contributed by atoms with van der Waals surface area (Å²) < 4.78 is 50.0. The van der Waals surface area contributed by atoms with Crippen molar-refractivity contribution in [2.75, 3.05) is 6.61 Å². The van der Waals surface area contributed by atoms with Crippen molar-refractivity contribution < 1.29 is 17.9 Å². The van der Waals surface area contributed by atoms with Crippen LogP contribution in [0.1, 0.15) is 106 Å². The molecule has 0 radical (unpaired) electrons. The SMILES string of the molecule is C=CCCCOc1ccc(CCC2CCC(c3ccc(C4CCC(C)CC4)c(F)c3F)CC2)cc1F. The van der Waals surface area contributed by atoms with E-state index in [1.165, 1.54) is 0 Å². The molecular formula is C32H41F3O. The van der Waals surface area contributed by atoms with E-state index in [2.05, 4.69) is 13.5 Å². The minimum atomic E-state index is -0.614. The molecule has 0 aromatic heterocycles. The summed E-state index contributed by atoms with van der Waals surface area (Å²) in [5.41, 5.74) is 2.12. The molecule has 2 aliphatic carbocycles. The van der Waals surface area contributed by atoms with Gasteiger partial charge in [0.2, 0.25) is 0 Å². The Kier molecular flexibility index (Phi) is 9.56. The van der Waals surface area contributed by atoms with E-state index in [1.807, 2.05) is 24.3 Å². The molecule has 0 spiro atoms. The maximum atomic E-state index is 15.1. The summed E-state index contributed by atoms with van der Waals surface area (Å²) in [7, 11) is 0. The third-order valence-electron chi connectivity index (χ3n) is 8.53. The van der Waals surface area contributed by atoms with Gasteiger partial charge in [-0.25, -0.2) is 13.2 Å². The molecule has 0 N–H and O–H groups in total. The second kappa shape index (κ2) is 12.8. The molecule has 2 aromatic carbocycles. The van der Waals surface area contributed by atoms with E-state index in [1.54, 1.807) is 12.1 Å². The first kappa shape index (κ1) is 26.8. The minimum Gasteiger partial charge on any atom is -0.491 e. The molecule has 0 amide bonds. The Morgan fingerprint density at radius 3 is 2.06 bits per heavy atom. The van der Waals surface area contributed by atoms with E-state index >= 15 is 8.78 Å². The second-order valence-electron chi connectivity index (χ2n) is 11.1. The first-order valence-electron chi connectivity index (χ1n) is 14.0. The van der Waals surface area contributed by atoms with Crippen LogP contribution in [0.4, 0.5) is 13.2 Å². The summed E-state index contributed by atoms with van der Waals surface area (Å²) in [4.78, 5) is 0. The van der Waals surface area contributed by atoms with Crippen LogP contribution >= 0.6 is 0 Å². The number of halogens is 3. The third kappa shape index (κ3) is 6.75. The van der Waals surface area contributed by atoms with Crippen LogP contribution < -0.4 is 4.74 Å². The Balaban J connectivity index is 1.26. The Morgan fingerprint density at radius 2 is 1.47 bits per heavy atom. The van der Waals surface area contributed by atoms with E-state index in [0.29, 0.717) is 35.3 Å². The van der Waals surface area contributed by atoms with Gasteiger partial charge in [-0.05, 0) is 117 Å². The molecule has 0 aliphatic heterocycles. The zero-order valence-corrected chi connectivity index (χ0v) is 21.7. The van der Waals surface area contributed by atoms with Gasteiger partial charge in [0.05, 0.1) is 6.61 Å². The highest BCUT2D eigenvalue weighted by Gasteiger charge is 2.29. The molecule has 196 valence electrons. The Labute approximate surface area is 215 Å². The van der Waals surface area contributed by atoms with Crippen LogP contribution in [0.3, 0.4) is 0 Å². The average Bonchev–Trinajstić information content (AvgIpc) is 2.89. The van der Waals surface area contributed by atoms with Crippen LogP contribution in [0, 0.1) is 29.3 Å². The summed E-state index contributed by atoms with van der Waals surface area (Å²) >= 11 is 0. The largest absolute Gasteiger partial charge is 0.491 e. The molecule has 2 aromatic rings. The highest BCUT2D eigenvalue weighted by Crippen LogP contribution is 2.42. The lowest BCUT2D eigenvalue weighted by Crippen LogP contribution is -2.17. The zero-order chi connectivity index (χ0) is 25.5. The zero-order valence-electron chi connectivity index (χ0n) is 21.7. The third-order valence-corrected chi connectivity index (χ3v) is 8.53. The lowest BCUT2D eigenvalue weighted by atomic mass is 9.75. The van der Waals surface area contributed by atoms with Crippen molar-refractivity contribution >= 4 is 0 Å². The van der Waals surface area contributed by atoms with Crippen molar-refractivity contribution in [3.8, 4) is 5.75 Å². The summed E-state index contributed by atoms with van der Waals surface area (Å²) in [6.45, 7) is 6.40. The number of ether oxygens (including phenoxy) is 1. The van der Waals surface area contributed by atoms with Crippen molar-refractivity contribution in [1.82, 2.24) is 0 Å². The van der Waals surface area contributed by atoms with E-state index in [4.69, 9.17) is 4.74 Å². The molecule has 2 saturated carbocycles. The number of allylic oxidation sites excluding steroid dienone is 1. The molecule has 2 aliphatic rings. The average molecular weight is 499 g/mol. The molecule has 0 unspecified atom stereocenters. The highest BCUT2D eigenvalue weighted by molar-refractivity contribution is 5.32. The van der Waals surface area contributed by atoms with Crippen molar-refractivity contribution in [2.45, 2.75) is 95.8 Å². The standard InChI is InChI=1S/C32H41F3O/c1-3-4-5-20-36-30-19-12-24(21-29(30)33)9-8-23-10-15-26(16-11-23)28-18-17-27(31(34)32(28)35)25-13-6-22(2)7-14-25/h3,12,17-19,21-23,25-26H,1,4-11,13-16,20H2,2H3. The second-order valence-corrected chi connectivity index (χ2v) is 11.1. The fourth-order valence-corrected chi connectivity index (χ4v) is 6.14. The van der Waals surface area contributed by atoms with Gasteiger partial charge < -0.3 is 4.74 Å². The molecule has 0 saturated heterocycles. The smallest absolute Gasteiger partial charge is 0.165 e. The highest BCUT2D eigenvalue weighted by atomic mass is 19.2. The number of aryl methyl sites for hydroxylation is 1. The van der Waals surface area contributed by atoms with Gasteiger partial charge in [0.25, 0.3) is 0 Å². The fraction of sp³-hybridized carbons (Fsp3) is 0.562. The van der Waals surface area contributed by atoms with Gasteiger partial charge in [-0.2, -0.15) is 0 Å². The quantitative estimate of drug-likeness (QED) is 0.234. The monoisotopic (exact) mass is 498 g/mol. The molecule has 0 bridgehead atoms. The lowest BCUT2D eigenvalue weighted by molar-refractivity contribution is 0.295. The summed E-state index contributed by atoms with van der Waals surface area (Å²) in [6.07, 6.45) is 13.2. The Bertz CT molecular complexity index is 1000. The van der Waals surface area contributed by atoms with Crippen LogP contribution in [-0.2, 0) is 6.42 Å². The predicted molar refractivity (Wildman–Crippen MR) is 141 cm³/mol. The van der Waals surface area contributed by atoms with Gasteiger partial charge >= 0.3 is 0 Å². The number of hydrogen-bond acceptors (Lipinski definition) is 1. The Hall–Kier alpha value is -2.23. The fourth-order valence-electron chi connectivity index (χ4n) is 6.14. The number of hydrogen-bond donors (Lipinski definition) is 0.